The summed E-state index contributed by atoms with van der Waals surface area (Å²) in [5, 5.41) is 0.000518. The van der Waals surface area contributed by atoms with Crippen LogP contribution in [0.25, 0.3) is 0 Å². The number of sulfonamides is 1. The first-order valence-electron chi connectivity index (χ1n) is 10.3. The third kappa shape index (κ3) is 5.82. The van der Waals surface area contributed by atoms with Gasteiger partial charge in [-0.25, -0.2) is 12.8 Å². The van der Waals surface area contributed by atoms with Crippen molar-refractivity contribution < 1.29 is 27.1 Å². The number of likely N-dealkylation sites (N-methyl/N-ethyl adjacent to an activating group) is 1. The van der Waals surface area contributed by atoms with E-state index in [1.807, 2.05) is 4.90 Å². The van der Waals surface area contributed by atoms with Crippen LogP contribution in [0.1, 0.15) is 17.3 Å². The topological polar surface area (TPSA) is 87.2 Å². The maximum atomic E-state index is 13.3. The Labute approximate surface area is 197 Å². The van der Waals surface area contributed by atoms with Crippen molar-refractivity contribution in [3.63, 3.8) is 0 Å². The molecule has 1 heterocycles. The molecule has 1 saturated heterocycles. The van der Waals surface area contributed by atoms with E-state index in [4.69, 9.17) is 16.3 Å². The smallest absolute Gasteiger partial charge is 0.325 e. The number of esters is 1. The molecule has 0 unspecified atom stereocenters. The number of rotatable bonds is 7. The molecule has 8 nitrogen and oxygen atoms in total. The minimum absolute atomic E-state index is 0.000518. The fraction of sp³-hybridized carbons (Fsp3) is 0.364. The van der Waals surface area contributed by atoms with E-state index in [2.05, 4.69) is 0 Å². The van der Waals surface area contributed by atoms with Gasteiger partial charge in [0.25, 0.3) is 5.91 Å². The Morgan fingerprint density at radius 1 is 1.09 bits per heavy atom. The van der Waals surface area contributed by atoms with Gasteiger partial charge in [-0.05, 0) is 49.4 Å². The first kappa shape index (κ1) is 24.9. The van der Waals surface area contributed by atoms with Crippen molar-refractivity contribution in [2.75, 3.05) is 51.3 Å². The Morgan fingerprint density at radius 3 is 2.33 bits per heavy atom. The largest absolute Gasteiger partial charge is 0.465 e. The molecule has 3 rings (SSSR count). The third-order valence-electron chi connectivity index (χ3n) is 5.24. The molecule has 0 N–H and O–H groups in total. The molecule has 1 amide bonds. The Morgan fingerprint density at radius 2 is 1.73 bits per heavy atom. The lowest BCUT2D eigenvalue weighted by Crippen LogP contribution is -2.48. The van der Waals surface area contributed by atoms with Gasteiger partial charge in [0.05, 0.1) is 11.6 Å². The van der Waals surface area contributed by atoms with Gasteiger partial charge in [0.2, 0.25) is 10.0 Å². The average molecular weight is 498 g/mol. The zero-order valence-electron chi connectivity index (χ0n) is 18.3. The van der Waals surface area contributed by atoms with Gasteiger partial charge >= 0.3 is 5.97 Å². The summed E-state index contributed by atoms with van der Waals surface area (Å²) in [5.74, 6) is -1.43. The molecule has 11 heteroatoms. The van der Waals surface area contributed by atoms with Gasteiger partial charge in [-0.1, -0.05) is 11.6 Å². The van der Waals surface area contributed by atoms with Crippen LogP contribution in [-0.4, -0.2) is 75.9 Å². The van der Waals surface area contributed by atoms with E-state index < -0.39 is 21.9 Å². The van der Waals surface area contributed by atoms with Crippen molar-refractivity contribution in [1.29, 1.82) is 0 Å². The minimum atomic E-state index is -3.97. The summed E-state index contributed by atoms with van der Waals surface area (Å²) >= 11 is 6.20. The van der Waals surface area contributed by atoms with Gasteiger partial charge in [-0.15, -0.1) is 0 Å². The van der Waals surface area contributed by atoms with Crippen molar-refractivity contribution in [2.45, 2.75) is 11.8 Å². The number of benzene rings is 2. The highest BCUT2D eigenvalue weighted by Gasteiger charge is 2.31. The lowest BCUT2D eigenvalue weighted by molar-refractivity contribution is -0.143. The molecule has 0 radical (unpaired) electrons. The van der Waals surface area contributed by atoms with E-state index in [9.17, 15) is 22.4 Å². The van der Waals surface area contributed by atoms with Gasteiger partial charge in [0, 0.05) is 44.5 Å². The summed E-state index contributed by atoms with van der Waals surface area (Å²) in [7, 11) is -2.54. The summed E-state index contributed by atoms with van der Waals surface area (Å²) in [6, 6.07) is 10.0. The van der Waals surface area contributed by atoms with Crippen LogP contribution in [0.5, 0.6) is 0 Å². The molecular formula is C22H25ClFN3O5S. The molecule has 1 fully saturated rings. The van der Waals surface area contributed by atoms with Crippen molar-refractivity contribution >= 4 is 39.2 Å². The van der Waals surface area contributed by atoms with E-state index in [1.165, 1.54) is 41.7 Å². The molecule has 0 saturated carbocycles. The number of amides is 1. The summed E-state index contributed by atoms with van der Waals surface area (Å²) in [5.41, 5.74) is 0.901. The number of halogens is 2. The van der Waals surface area contributed by atoms with E-state index in [0.29, 0.717) is 13.1 Å². The van der Waals surface area contributed by atoms with E-state index >= 15 is 0 Å². The zero-order valence-corrected chi connectivity index (χ0v) is 19.9. The first-order chi connectivity index (χ1) is 15.6. The van der Waals surface area contributed by atoms with Crippen molar-refractivity contribution in [1.82, 2.24) is 9.21 Å². The number of carbonyl (C=O) groups is 2. The summed E-state index contributed by atoms with van der Waals surface area (Å²) in [4.78, 5) is 27.3. The standard InChI is InChI=1S/C22H25ClFN3O5S/c1-3-32-21(28)15-25(2)22(29)16-4-9-19(23)20(14-16)33(30,31)27-12-10-26(11-13-27)18-7-5-17(24)6-8-18/h4-9,14H,3,10-13,15H2,1-2H3. The van der Waals surface area contributed by atoms with Crippen LogP contribution in [0.15, 0.2) is 47.4 Å². The molecule has 0 atom stereocenters. The molecule has 33 heavy (non-hydrogen) atoms. The lowest BCUT2D eigenvalue weighted by atomic mass is 10.2. The zero-order chi connectivity index (χ0) is 24.2. The molecule has 2 aromatic rings. The SMILES string of the molecule is CCOC(=O)CN(C)C(=O)c1ccc(Cl)c(S(=O)(=O)N2CCN(c3ccc(F)cc3)CC2)c1. The van der Waals surface area contributed by atoms with Crippen molar-refractivity contribution in [3.8, 4) is 0 Å². The lowest BCUT2D eigenvalue weighted by Gasteiger charge is -2.35. The fourth-order valence-electron chi connectivity index (χ4n) is 3.50. The molecule has 0 aliphatic carbocycles. The predicted molar refractivity (Wildman–Crippen MR) is 122 cm³/mol. The predicted octanol–water partition coefficient (Wildman–Crippen LogP) is 2.63. The van der Waals surface area contributed by atoms with E-state index in [-0.39, 0.29) is 47.5 Å². The van der Waals surface area contributed by atoms with Gasteiger partial charge in [-0.3, -0.25) is 9.59 Å². The summed E-state index contributed by atoms with van der Waals surface area (Å²) in [6.45, 7) is 2.84. The Hall–Kier alpha value is -2.69. The van der Waals surface area contributed by atoms with E-state index in [1.54, 1.807) is 19.1 Å². The number of hydrogen-bond donors (Lipinski definition) is 0. The minimum Gasteiger partial charge on any atom is -0.465 e. The van der Waals surface area contributed by atoms with Gasteiger partial charge in [0.15, 0.2) is 0 Å². The number of anilines is 1. The van der Waals surface area contributed by atoms with Gasteiger partial charge in [0.1, 0.15) is 17.3 Å². The van der Waals surface area contributed by atoms with Crippen LogP contribution in [0.3, 0.4) is 0 Å². The molecule has 1 aliphatic heterocycles. The van der Waals surface area contributed by atoms with Gasteiger partial charge in [-0.2, -0.15) is 4.31 Å². The van der Waals surface area contributed by atoms with Crippen LogP contribution in [0.2, 0.25) is 5.02 Å². The van der Waals surface area contributed by atoms with Crippen LogP contribution in [0, 0.1) is 5.82 Å². The third-order valence-corrected chi connectivity index (χ3v) is 7.62. The maximum absolute atomic E-state index is 13.3. The Bertz CT molecular complexity index is 1120. The molecular weight excluding hydrogens is 473 g/mol. The van der Waals surface area contributed by atoms with E-state index in [0.717, 1.165) is 10.6 Å². The fourth-order valence-corrected chi connectivity index (χ4v) is 5.43. The summed E-state index contributed by atoms with van der Waals surface area (Å²) in [6.07, 6.45) is 0. The monoisotopic (exact) mass is 497 g/mol. The second kappa shape index (κ2) is 10.5. The van der Waals surface area contributed by atoms with Crippen LogP contribution < -0.4 is 4.90 Å². The number of piperazine rings is 1. The second-order valence-corrected chi connectivity index (χ2v) is 9.79. The van der Waals surface area contributed by atoms with Crippen LogP contribution in [-0.2, 0) is 19.6 Å². The molecule has 1 aliphatic rings. The number of nitrogens with zero attached hydrogens (tertiary/aromatic N) is 3. The molecule has 0 bridgehead atoms. The first-order valence-corrected chi connectivity index (χ1v) is 12.2. The number of ether oxygens (including phenoxy) is 1. The molecule has 178 valence electrons. The highest BCUT2D eigenvalue weighted by atomic mass is 35.5. The van der Waals surface area contributed by atoms with Crippen molar-refractivity contribution in [3.05, 3.63) is 58.9 Å². The average Bonchev–Trinajstić information content (AvgIpc) is 2.79. The number of carbonyl (C=O) groups excluding carboxylic acids is 2. The number of hydrogen-bond acceptors (Lipinski definition) is 6. The second-order valence-electron chi connectivity index (χ2n) is 7.48. The Kier molecular flexibility index (Phi) is 7.93. The molecule has 2 aromatic carbocycles. The van der Waals surface area contributed by atoms with Gasteiger partial charge < -0.3 is 14.5 Å². The van der Waals surface area contributed by atoms with Crippen LogP contribution in [0.4, 0.5) is 10.1 Å². The quantitative estimate of drug-likeness (QED) is 0.546. The normalized spacial score (nSPS) is 14.7. The highest BCUT2D eigenvalue weighted by molar-refractivity contribution is 7.89. The van der Waals surface area contributed by atoms with Crippen LogP contribution >= 0.6 is 11.6 Å². The summed E-state index contributed by atoms with van der Waals surface area (Å²) < 4.78 is 45.9. The maximum Gasteiger partial charge on any atom is 0.325 e. The Balaban J connectivity index is 1.75. The molecule has 0 spiro atoms. The highest BCUT2D eigenvalue weighted by Crippen LogP contribution is 2.28. The molecule has 0 aromatic heterocycles. The van der Waals surface area contributed by atoms with Crippen molar-refractivity contribution in [2.24, 2.45) is 0 Å².